The minimum atomic E-state index is -1.21. The minimum absolute atomic E-state index is 0.0813. The summed E-state index contributed by atoms with van der Waals surface area (Å²) in [6.45, 7) is 0.491. The third-order valence-corrected chi connectivity index (χ3v) is 6.39. The molecule has 0 aromatic heterocycles. The lowest BCUT2D eigenvalue weighted by molar-refractivity contribution is 0.0750. The second kappa shape index (κ2) is 4.42. The van der Waals surface area contributed by atoms with E-state index in [1.54, 1.807) is 23.1 Å². The summed E-state index contributed by atoms with van der Waals surface area (Å²) < 4.78 is 12.9. The molecule has 2 heterocycles. The van der Waals surface area contributed by atoms with Crippen LogP contribution in [0.5, 0.6) is 0 Å². The number of benzene rings is 2. The van der Waals surface area contributed by atoms with E-state index < -0.39 is 15.7 Å². The maximum atomic E-state index is 12.9. The Hall–Kier alpha value is -1.65. The second-order valence-corrected chi connectivity index (χ2v) is 7.28. The molecule has 1 fully saturated rings. The SMILES string of the molecule is O=C1c2cccc(Cl)c2C2(c3ccccc3)N1CCS2=O. The van der Waals surface area contributed by atoms with E-state index in [4.69, 9.17) is 11.6 Å². The molecule has 2 aromatic carbocycles. The Morgan fingerprint density at radius 1 is 1.10 bits per heavy atom. The van der Waals surface area contributed by atoms with Crippen LogP contribution >= 0.6 is 11.6 Å². The summed E-state index contributed by atoms with van der Waals surface area (Å²) in [7, 11) is -1.21. The highest BCUT2D eigenvalue weighted by Crippen LogP contribution is 2.51. The van der Waals surface area contributed by atoms with Crippen molar-refractivity contribution in [3.05, 3.63) is 70.2 Å². The summed E-state index contributed by atoms with van der Waals surface area (Å²) >= 11 is 6.39. The Bertz CT molecular complexity index is 777. The summed E-state index contributed by atoms with van der Waals surface area (Å²) in [6, 6.07) is 14.8. The molecule has 5 heteroatoms. The van der Waals surface area contributed by atoms with Gasteiger partial charge in [-0.1, -0.05) is 48.0 Å². The summed E-state index contributed by atoms with van der Waals surface area (Å²) in [5.74, 6) is 0.396. The van der Waals surface area contributed by atoms with Crippen LogP contribution in [0.3, 0.4) is 0 Å². The van der Waals surface area contributed by atoms with E-state index in [9.17, 15) is 9.00 Å². The standard InChI is InChI=1S/C16H12ClNO2S/c17-13-8-4-7-12-14(13)16(11-5-2-1-3-6-11)18(15(12)19)9-10-21(16)20/h1-8H,9-10H2. The van der Waals surface area contributed by atoms with Crippen molar-refractivity contribution in [2.75, 3.05) is 12.3 Å². The lowest BCUT2D eigenvalue weighted by Gasteiger charge is -2.32. The molecule has 0 spiro atoms. The van der Waals surface area contributed by atoms with Gasteiger partial charge in [0.1, 0.15) is 0 Å². The van der Waals surface area contributed by atoms with Crippen molar-refractivity contribution < 1.29 is 9.00 Å². The third-order valence-electron chi connectivity index (χ3n) is 4.20. The van der Waals surface area contributed by atoms with Crippen LogP contribution in [0.15, 0.2) is 48.5 Å². The molecule has 1 saturated heterocycles. The number of hydrogen-bond donors (Lipinski definition) is 0. The monoisotopic (exact) mass is 317 g/mol. The van der Waals surface area contributed by atoms with E-state index in [-0.39, 0.29) is 5.91 Å². The molecular weight excluding hydrogens is 306 g/mol. The molecule has 2 aliphatic heterocycles. The Morgan fingerprint density at radius 2 is 1.86 bits per heavy atom. The van der Waals surface area contributed by atoms with Gasteiger partial charge in [0.15, 0.2) is 4.87 Å². The zero-order valence-corrected chi connectivity index (χ0v) is 12.7. The fraction of sp³-hybridized carbons (Fsp3) is 0.188. The van der Waals surface area contributed by atoms with Crippen molar-refractivity contribution >= 4 is 28.3 Å². The molecule has 3 nitrogen and oxygen atoms in total. The quantitative estimate of drug-likeness (QED) is 0.811. The van der Waals surface area contributed by atoms with Crippen molar-refractivity contribution in [1.82, 2.24) is 4.90 Å². The Balaban J connectivity index is 2.12. The van der Waals surface area contributed by atoms with Crippen LogP contribution in [-0.2, 0) is 15.7 Å². The van der Waals surface area contributed by atoms with Gasteiger partial charge in [-0.3, -0.25) is 9.00 Å². The molecule has 0 aliphatic carbocycles. The van der Waals surface area contributed by atoms with E-state index in [0.29, 0.717) is 28.4 Å². The molecule has 0 bridgehead atoms. The Kier molecular flexibility index (Phi) is 2.75. The molecule has 21 heavy (non-hydrogen) atoms. The van der Waals surface area contributed by atoms with Crippen molar-refractivity contribution in [3.8, 4) is 0 Å². The van der Waals surface area contributed by atoms with Gasteiger partial charge in [-0.2, -0.15) is 0 Å². The van der Waals surface area contributed by atoms with E-state index in [0.717, 1.165) is 5.56 Å². The van der Waals surface area contributed by atoms with Gasteiger partial charge in [0.25, 0.3) is 5.91 Å². The smallest absolute Gasteiger partial charge is 0.256 e. The number of nitrogens with zero attached hydrogens (tertiary/aromatic N) is 1. The normalized spacial score (nSPS) is 26.8. The van der Waals surface area contributed by atoms with Crippen molar-refractivity contribution in [3.63, 3.8) is 0 Å². The zero-order chi connectivity index (χ0) is 14.6. The van der Waals surface area contributed by atoms with E-state index >= 15 is 0 Å². The number of carbonyl (C=O) groups excluding carboxylic acids is 1. The molecule has 0 saturated carbocycles. The molecule has 2 atom stereocenters. The highest BCUT2D eigenvalue weighted by Gasteiger charge is 2.59. The van der Waals surface area contributed by atoms with Crippen molar-refractivity contribution in [1.29, 1.82) is 0 Å². The lowest BCUT2D eigenvalue weighted by atomic mass is 9.97. The van der Waals surface area contributed by atoms with E-state index in [1.807, 2.05) is 30.3 Å². The molecular formula is C16H12ClNO2S. The fourth-order valence-electron chi connectivity index (χ4n) is 3.38. The lowest BCUT2D eigenvalue weighted by Crippen LogP contribution is -2.41. The first kappa shape index (κ1) is 13.0. The Labute approximate surface area is 130 Å². The van der Waals surface area contributed by atoms with Crippen LogP contribution in [0.1, 0.15) is 21.5 Å². The average Bonchev–Trinajstić information content (AvgIpc) is 2.97. The number of fused-ring (bicyclic) bond motifs is 3. The number of halogens is 1. The molecule has 4 rings (SSSR count). The van der Waals surface area contributed by atoms with Gasteiger partial charge in [-0.15, -0.1) is 0 Å². The van der Waals surface area contributed by atoms with Crippen LogP contribution in [0.2, 0.25) is 5.02 Å². The third kappa shape index (κ3) is 1.49. The average molecular weight is 318 g/mol. The highest BCUT2D eigenvalue weighted by molar-refractivity contribution is 7.86. The molecule has 0 radical (unpaired) electrons. The van der Waals surface area contributed by atoms with Gasteiger partial charge in [0.2, 0.25) is 0 Å². The van der Waals surface area contributed by atoms with Crippen LogP contribution in [-0.4, -0.2) is 27.3 Å². The predicted octanol–water partition coefficient (Wildman–Crippen LogP) is 2.76. The van der Waals surface area contributed by atoms with Gasteiger partial charge in [-0.05, 0) is 17.7 Å². The maximum Gasteiger partial charge on any atom is 0.256 e. The van der Waals surface area contributed by atoms with Crippen molar-refractivity contribution in [2.45, 2.75) is 4.87 Å². The summed E-state index contributed by atoms with van der Waals surface area (Å²) in [5.41, 5.74) is 2.12. The first-order chi connectivity index (χ1) is 10.2. The topological polar surface area (TPSA) is 37.4 Å². The molecule has 106 valence electrons. The van der Waals surface area contributed by atoms with Gasteiger partial charge in [-0.25, -0.2) is 0 Å². The van der Waals surface area contributed by atoms with Gasteiger partial charge < -0.3 is 4.90 Å². The van der Waals surface area contributed by atoms with Gasteiger partial charge in [0, 0.05) is 28.4 Å². The van der Waals surface area contributed by atoms with Crippen LogP contribution in [0.25, 0.3) is 0 Å². The second-order valence-electron chi connectivity index (χ2n) is 5.18. The molecule has 2 aromatic rings. The van der Waals surface area contributed by atoms with Crippen LogP contribution in [0, 0.1) is 0 Å². The van der Waals surface area contributed by atoms with E-state index in [2.05, 4.69) is 0 Å². The maximum absolute atomic E-state index is 12.9. The summed E-state index contributed by atoms with van der Waals surface area (Å²) in [4.78, 5) is 13.5. The molecule has 0 N–H and O–H groups in total. The summed E-state index contributed by atoms with van der Waals surface area (Å²) in [5, 5.41) is 0.502. The van der Waals surface area contributed by atoms with E-state index in [1.165, 1.54) is 0 Å². The summed E-state index contributed by atoms with van der Waals surface area (Å²) in [6.07, 6.45) is 0. The van der Waals surface area contributed by atoms with Crippen LogP contribution in [0.4, 0.5) is 0 Å². The van der Waals surface area contributed by atoms with Crippen LogP contribution < -0.4 is 0 Å². The number of rotatable bonds is 1. The van der Waals surface area contributed by atoms with Gasteiger partial charge >= 0.3 is 0 Å². The first-order valence-electron chi connectivity index (χ1n) is 6.72. The van der Waals surface area contributed by atoms with Crippen molar-refractivity contribution in [2.24, 2.45) is 0 Å². The molecule has 2 aliphatic rings. The molecule has 1 amide bonds. The van der Waals surface area contributed by atoms with Gasteiger partial charge in [0.05, 0.1) is 10.8 Å². The first-order valence-corrected chi connectivity index (χ1v) is 8.42. The highest BCUT2D eigenvalue weighted by atomic mass is 35.5. The zero-order valence-electron chi connectivity index (χ0n) is 11.1. The number of carbonyl (C=O) groups is 1. The Morgan fingerprint density at radius 3 is 2.62 bits per heavy atom. The minimum Gasteiger partial charge on any atom is -0.313 e. The number of hydrogen-bond acceptors (Lipinski definition) is 2. The number of amides is 1. The fourth-order valence-corrected chi connectivity index (χ4v) is 5.66. The largest absolute Gasteiger partial charge is 0.313 e. The predicted molar refractivity (Wildman–Crippen MR) is 82.7 cm³/mol. The molecule has 2 unspecified atom stereocenters.